The maximum atomic E-state index is 12.4. The van der Waals surface area contributed by atoms with Crippen molar-refractivity contribution < 1.29 is 9.59 Å². The van der Waals surface area contributed by atoms with Gasteiger partial charge in [0, 0.05) is 32.0 Å². The second-order valence-electron chi connectivity index (χ2n) is 7.40. The molecule has 2 aromatic heterocycles. The van der Waals surface area contributed by atoms with Crippen LogP contribution in [0.3, 0.4) is 0 Å². The molecule has 0 bridgehead atoms. The van der Waals surface area contributed by atoms with Crippen LogP contribution in [0.5, 0.6) is 0 Å². The number of hydrogen-bond acceptors (Lipinski definition) is 6. The number of aromatic amines is 1. The minimum Gasteiger partial charge on any atom is -0.350 e. The Morgan fingerprint density at radius 1 is 1.23 bits per heavy atom. The largest absolute Gasteiger partial charge is 0.350 e. The zero-order valence-corrected chi connectivity index (χ0v) is 17.7. The molecule has 0 aliphatic carbocycles. The van der Waals surface area contributed by atoms with Crippen molar-refractivity contribution in [1.82, 2.24) is 25.2 Å². The molecule has 0 atom stereocenters. The normalized spacial score (nSPS) is 11.3. The first-order chi connectivity index (χ1) is 14.8. The van der Waals surface area contributed by atoms with Crippen LogP contribution in [0.25, 0.3) is 17.2 Å². The molecule has 3 aromatic rings. The van der Waals surface area contributed by atoms with Crippen LogP contribution in [0.2, 0.25) is 0 Å². The minimum absolute atomic E-state index is 0.00819. The summed E-state index contributed by atoms with van der Waals surface area (Å²) in [5.74, 6) is -0.0871. The number of rotatable bonds is 6. The number of nitrogens with one attached hydrogen (secondary N) is 3. The van der Waals surface area contributed by atoms with Crippen LogP contribution in [-0.4, -0.2) is 51.8 Å². The van der Waals surface area contributed by atoms with Crippen molar-refractivity contribution in [3.8, 4) is 6.07 Å². The van der Waals surface area contributed by atoms with E-state index in [4.69, 9.17) is 0 Å². The van der Waals surface area contributed by atoms with Gasteiger partial charge in [0.2, 0.25) is 0 Å². The number of benzene rings is 1. The zero-order valence-electron chi connectivity index (χ0n) is 17.7. The van der Waals surface area contributed by atoms with Gasteiger partial charge in [-0.1, -0.05) is 12.1 Å². The van der Waals surface area contributed by atoms with Crippen LogP contribution in [0.1, 0.15) is 29.8 Å². The molecule has 0 fully saturated rings. The highest BCUT2D eigenvalue weighted by molar-refractivity contribution is 6.04. The van der Waals surface area contributed by atoms with Crippen molar-refractivity contribution in [1.29, 1.82) is 5.26 Å². The quantitative estimate of drug-likeness (QED) is 0.418. The van der Waals surface area contributed by atoms with E-state index in [9.17, 15) is 14.9 Å². The Morgan fingerprint density at radius 3 is 2.55 bits per heavy atom. The van der Waals surface area contributed by atoms with E-state index in [1.807, 2.05) is 19.9 Å². The molecular formula is C22H23N7O2. The van der Waals surface area contributed by atoms with E-state index in [2.05, 4.69) is 25.6 Å². The number of amides is 2. The Bertz CT molecular complexity index is 1180. The lowest BCUT2D eigenvalue weighted by Gasteiger charge is -2.09. The number of carbonyl (C=O) groups excluding carboxylic acids is 2. The number of nitriles is 1. The summed E-state index contributed by atoms with van der Waals surface area (Å²) in [5, 5.41) is 15.2. The third kappa shape index (κ3) is 5.05. The van der Waals surface area contributed by atoms with E-state index < -0.39 is 0 Å². The molecule has 0 saturated carbocycles. The number of carbonyl (C=O) groups is 2. The van der Waals surface area contributed by atoms with Gasteiger partial charge in [-0.3, -0.25) is 9.59 Å². The van der Waals surface area contributed by atoms with Gasteiger partial charge >= 0.3 is 0 Å². The van der Waals surface area contributed by atoms with Crippen LogP contribution in [-0.2, 0) is 4.79 Å². The molecule has 0 radical (unpaired) electrons. The number of hydrogen-bond donors (Lipinski definition) is 3. The first kappa shape index (κ1) is 21.5. The van der Waals surface area contributed by atoms with Gasteiger partial charge in [-0.15, -0.1) is 0 Å². The molecular weight excluding hydrogens is 394 g/mol. The third-order valence-electron chi connectivity index (χ3n) is 4.30. The Hall–Kier alpha value is -4.19. The van der Waals surface area contributed by atoms with Crippen molar-refractivity contribution in [3.63, 3.8) is 0 Å². The number of H-pyrrole nitrogens is 1. The molecule has 158 valence electrons. The molecule has 0 spiro atoms. The highest BCUT2D eigenvalue weighted by atomic mass is 16.2. The third-order valence-corrected chi connectivity index (χ3v) is 4.30. The maximum absolute atomic E-state index is 12.4. The van der Waals surface area contributed by atoms with Gasteiger partial charge in [0.05, 0.1) is 11.8 Å². The number of anilines is 2. The molecule has 2 heterocycles. The Balaban J connectivity index is 1.81. The molecule has 3 rings (SSSR count). The first-order valence-corrected chi connectivity index (χ1v) is 9.64. The second kappa shape index (κ2) is 9.09. The van der Waals surface area contributed by atoms with Gasteiger partial charge in [0.25, 0.3) is 11.8 Å². The molecule has 0 saturated heterocycles. The molecule has 0 unspecified atom stereocenters. The molecule has 0 aliphatic heterocycles. The molecule has 9 heteroatoms. The van der Waals surface area contributed by atoms with E-state index >= 15 is 0 Å². The van der Waals surface area contributed by atoms with E-state index in [0.29, 0.717) is 22.5 Å². The number of likely N-dealkylation sites (N-methyl/N-ethyl adjacent to an activating group) is 1. The van der Waals surface area contributed by atoms with E-state index in [-0.39, 0.29) is 23.4 Å². The minimum atomic E-state index is -0.350. The summed E-state index contributed by atoms with van der Waals surface area (Å²) >= 11 is 0. The summed E-state index contributed by atoms with van der Waals surface area (Å²) in [7, 11) is 3.20. The van der Waals surface area contributed by atoms with Gasteiger partial charge < -0.3 is 20.5 Å². The highest BCUT2D eigenvalue weighted by Gasteiger charge is 2.15. The van der Waals surface area contributed by atoms with Gasteiger partial charge in [-0.2, -0.15) is 5.26 Å². The van der Waals surface area contributed by atoms with Crippen LogP contribution in [0.4, 0.5) is 11.5 Å². The number of fused-ring (bicyclic) bond motifs is 1. The SMILES string of the molecule is CC(C)NC(=O)c1c[nH]c2ncc(Nc3ccc(/C=C(\C#N)C(=O)N(C)C)cc3)nc12. The summed E-state index contributed by atoms with van der Waals surface area (Å²) in [6.07, 6.45) is 4.70. The van der Waals surface area contributed by atoms with E-state index in [0.717, 1.165) is 11.3 Å². The van der Waals surface area contributed by atoms with Crippen LogP contribution >= 0.6 is 0 Å². The molecule has 3 N–H and O–H groups in total. The molecule has 1 aromatic carbocycles. The summed E-state index contributed by atoms with van der Waals surface area (Å²) in [6, 6.07) is 9.11. The number of nitrogens with zero attached hydrogens (tertiary/aromatic N) is 4. The topological polar surface area (TPSA) is 127 Å². The highest BCUT2D eigenvalue weighted by Crippen LogP contribution is 2.20. The maximum Gasteiger partial charge on any atom is 0.264 e. The zero-order chi connectivity index (χ0) is 22.5. The van der Waals surface area contributed by atoms with Crippen LogP contribution < -0.4 is 10.6 Å². The average Bonchev–Trinajstić information content (AvgIpc) is 3.15. The smallest absolute Gasteiger partial charge is 0.264 e. The predicted molar refractivity (Wildman–Crippen MR) is 118 cm³/mol. The van der Waals surface area contributed by atoms with Crippen LogP contribution in [0, 0.1) is 11.3 Å². The first-order valence-electron chi connectivity index (χ1n) is 9.64. The fraction of sp³-hybridized carbons (Fsp3) is 0.227. The lowest BCUT2D eigenvalue weighted by Crippen LogP contribution is -2.29. The van der Waals surface area contributed by atoms with Crippen molar-refractivity contribution in [3.05, 3.63) is 53.4 Å². The fourth-order valence-electron chi connectivity index (χ4n) is 2.82. The Morgan fingerprint density at radius 2 is 1.94 bits per heavy atom. The molecule has 9 nitrogen and oxygen atoms in total. The van der Waals surface area contributed by atoms with Gasteiger partial charge in [-0.25, -0.2) is 9.97 Å². The summed E-state index contributed by atoms with van der Waals surface area (Å²) in [5.41, 5.74) is 2.94. The second-order valence-corrected chi connectivity index (χ2v) is 7.40. The average molecular weight is 417 g/mol. The molecule has 31 heavy (non-hydrogen) atoms. The van der Waals surface area contributed by atoms with Crippen LogP contribution in [0.15, 0.2) is 42.2 Å². The summed E-state index contributed by atoms with van der Waals surface area (Å²) < 4.78 is 0. The lowest BCUT2D eigenvalue weighted by molar-refractivity contribution is -0.124. The number of aromatic nitrogens is 3. The van der Waals surface area contributed by atoms with Crippen molar-refractivity contribution >= 4 is 40.6 Å². The Kier molecular flexibility index (Phi) is 6.31. The van der Waals surface area contributed by atoms with Crippen molar-refractivity contribution in [2.75, 3.05) is 19.4 Å². The fourth-order valence-corrected chi connectivity index (χ4v) is 2.82. The molecule has 0 aliphatic rings. The van der Waals surface area contributed by atoms with Gasteiger partial charge in [0.15, 0.2) is 5.65 Å². The molecule has 2 amide bonds. The van der Waals surface area contributed by atoms with Gasteiger partial charge in [-0.05, 0) is 37.6 Å². The predicted octanol–water partition coefficient (Wildman–Crippen LogP) is 2.83. The van der Waals surface area contributed by atoms with E-state index in [1.165, 1.54) is 11.0 Å². The lowest BCUT2D eigenvalue weighted by atomic mass is 10.1. The van der Waals surface area contributed by atoms with Crippen molar-refractivity contribution in [2.24, 2.45) is 0 Å². The monoisotopic (exact) mass is 417 g/mol. The summed E-state index contributed by atoms with van der Waals surface area (Å²) in [4.78, 5) is 37.5. The summed E-state index contributed by atoms with van der Waals surface area (Å²) in [6.45, 7) is 3.78. The van der Waals surface area contributed by atoms with Crippen molar-refractivity contribution in [2.45, 2.75) is 19.9 Å². The Labute approximate surface area is 179 Å². The van der Waals surface area contributed by atoms with Gasteiger partial charge in [0.1, 0.15) is 23.0 Å². The standard InChI is InChI=1S/C22H23N7O2/c1-13(2)26-21(30)17-11-24-20-19(17)28-18(12-25-20)27-16-7-5-14(6-8-16)9-15(10-23)22(31)29(3)4/h5-9,11-13H,1-4H3,(H,24,25)(H,26,30)(H,27,28)/b15-9+. The van der Waals surface area contributed by atoms with E-state index in [1.54, 1.807) is 50.8 Å².